The Morgan fingerprint density at radius 2 is 1.71 bits per heavy atom. The van der Waals surface area contributed by atoms with Crippen molar-refractivity contribution >= 4 is 10.0 Å². The van der Waals surface area contributed by atoms with Crippen molar-refractivity contribution in [2.45, 2.75) is 24.3 Å². The average Bonchev–Trinajstić information content (AvgIpc) is 2.61. The standard InChI is InChI=1S/C18H23NO4S/c1-14(12-15-8-6-5-7-9-15)19(2)24(20,21)18-13-16(22-3)10-11-17(18)23-4/h5-11,13-14H,12H2,1-4H3. The molecule has 24 heavy (non-hydrogen) atoms. The van der Waals surface area contributed by atoms with Crippen LogP contribution in [0.3, 0.4) is 0 Å². The number of benzene rings is 2. The minimum Gasteiger partial charge on any atom is -0.497 e. The molecule has 0 saturated heterocycles. The summed E-state index contributed by atoms with van der Waals surface area (Å²) >= 11 is 0. The number of nitrogens with zero attached hydrogens (tertiary/aromatic N) is 1. The molecule has 2 aromatic carbocycles. The van der Waals surface area contributed by atoms with E-state index in [1.807, 2.05) is 37.3 Å². The van der Waals surface area contributed by atoms with Gasteiger partial charge in [0.15, 0.2) is 0 Å². The van der Waals surface area contributed by atoms with Crippen molar-refractivity contribution in [3.63, 3.8) is 0 Å². The summed E-state index contributed by atoms with van der Waals surface area (Å²) in [6, 6.07) is 14.4. The van der Waals surface area contributed by atoms with Crippen molar-refractivity contribution < 1.29 is 17.9 Å². The third-order valence-corrected chi connectivity index (χ3v) is 6.02. The van der Waals surface area contributed by atoms with Gasteiger partial charge in [0.2, 0.25) is 10.0 Å². The molecule has 2 rings (SSSR count). The van der Waals surface area contributed by atoms with E-state index in [0.717, 1.165) is 5.56 Å². The maximum absolute atomic E-state index is 13.0. The number of rotatable bonds is 7. The van der Waals surface area contributed by atoms with E-state index in [1.165, 1.54) is 24.6 Å². The zero-order chi connectivity index (χ0) is 17.7. The molecule has 0 fully saturated rings. The fourth-order valence-electron chi connectivity index (χ4n) is 2.46. The molecule has 0 aromatic heterocycles. The molecule has 6 heteroatoms. The molecule has 5 nitrogen and oxygen atoms in total. The van der Waals surface area contributed by atoms with Crippen LogP contribution < -0.4 is 9.47 Å². The van der Waals surface area contributed by atoms with Crippen molar-refractivity contribution in [3.05, 3.63) is 54.1 Å². The van der Waals surface area contributed by atoms with Gasteiger partial charge >= 0.3 is 0 Å². The Bertz CT molecular complexity index is 775. The molecular weight excluding hydrogens is 326 g/mol. The van der Waals surface area contributed by atoms with Crippen molar-refractivity contribution in [2.75, 3.05) is 21.3 Å². The van der Waals surface area contributed by atoms with Crippen LogP contribution in [0.5, 0.6) is 11.5 Å². The molecule has 130 valence electrons. The van der Waals surface area contributed by atoms with Crippen molar-refractivity contribution in [2.24, 2.45) is 0 Å². The smallest absolute Gasteiger partial charge is 0.246 e. The predicted molar refractivity (Wildman–Crippen MR) is 94.1 cm³/mol. The van der Waals surface area contributed by atoms with Crippen LogP contribution in [0.1, 0.15) is 12.5 Å². The minimum atomic E-state index is -3.71. The lowest BCUT2D eigenvalue weighted by molar-refractivity contribution is 0.371. The van der Waals surface area contributed by atoms with Crippen LogP contribution in [-0.2, 0) is 16.4 Å². The van der Waals surface area contributed by atoms with Crippen LogP contribution in [0.15, 0.2) is 53.4 Å². The van der Waals surface area contributed by atoms with Crippen LogP contribution in [0, 0.1) is 0 Å². The second kappa shape index (κ2) is 7.68. The molecule has 0 heterocycles. The van der Waals surface area contributed by atoms with Crippen molar-refractivity contribution in [1.82, 2.24) is 4.31 Å². The lowest BCUT2D eigenvalue weighted by Gasteiger charge is -2.25. The topological polar surface area (TPSA) is 55.8 Å². The van der Waals surface area contributed by atoms with Crippen molar-refractivity contribution in [1.29, 1.82) is 0 Å². The first-order valence-corrected chi connectivity index (χ1v) is 9.08. The van der Waals surface area contributed by atoms with Crippen molar-refractivity contribution in [3.8, 4) is 11.5 Å². The molecule has 0 bridgehead atoms. The van der Waals surface area contributed by atoms with Gasteiger partial charge in [0, 0.05) is 19.2 Å². The molecule has 0 saturated carbocycles. The van der Waals surface area contributed by atoms with E-state index < -0.39 is 10.0 Å². The number of hydrogen-bond donors (Lipinski definition) is 0. The Kier molecular flexibility index (Phi) is 5.85. The van der Waals surface area contributed by atoms with E-state index in [4.69, 9.17) is 9.47 Å². The Labute approximate surface area is 143 Å². The second-order valence-corrected chi connectivity index (χ2v) is 7.54. The molecule has 1 unspecified atom stereocenters. The van der Waals surface area contributed by atoms with Crippen LogP contribution in [0.4, 0.5) is 0 Å². The van der Waals surface area contributed by atoms with E-state index in [-0.39, 0.29) is 10.9 Å². The average molecular weight is 349 g/mol. The van der Waals surface area contributed by atoms with Gasteiger partial charge in [0.25, 0.3) is 0 Å². The highest BCUT2D eigenvalue weighted by atomic mass is 32.2. The molecule has 0 spiro atoms. The molecule has 0 N–H and O–H groups in total. The van der Waals surface area contributed by atoms with Gasteiger partial charge in [-0.2, -0.15) is 4.31 Å². The van der Waals surface area contributed by atoms with E-state index in [1.54, 1.807) is 19.2 Å². The van der Waals surface area contributed by atoms with Crippen LogP contribution in [0.25, 0.3) is 0 Å². The second-order valence-electron chi connectivity index (χ2n) is 5.58. The van der Waals surface area contributed by atoms with Gasteiger partial charge in [-0.3, -0.25) is 0 Å². The zero-order valence-corrected chi connectivity index (χ0v) is 15.2. The molecule has 2 aromatic rings. The molecule has 0 amide bonds. The molecule has 0 aliphatic carbocycles. The monoisotopic (exact) mass is 349 g/mol. The van der Waals surface area contributed by atoms with Gasteiger partial charge < -0.3 is 9.47 Å². The highest BCUT2D eigenvalue weighted by molar-refractivity contribution is 7.89. The quantitative estimate of drug-likeness (QED) is 0.771. The summed E-state index contributed by atoms with van der Waals surface area (Å²) in [5.74, 6) is 0.771. The van der Waals surface area contributed by atoms with E-state index in [9.17, 15) is 8.42 Å². The third-order valence-electron chi connectivity index (χ3n) is 4.02. The fraction of sp³-hybridized carbons (Fsp3) is 0.333. The molecule has 1 atom stereocenters. The first kappa shape index (κ1) is 18.3. The summed E-state index contributed by atoms with van der Waals surface area (Å²) in [5.41, 5.74) is 1.09. The van der Waals surface area contributed by atoms with Gasteiger partial charge in [-0.15, -0.1) is 0 Å². The lowest BCUT2D eigenvalue weighted by Crippen LogP contribution is -2.36. The van der Waals surface area contributed by atoms with E-state index in [2.05, 4.69) is 0 Å². The summed E-state index contributed by atoms with van der Waals surface area (Å²) < 4.78 is 37.7. The third kappa shape index (κ3) is 3.88. The van der Waals surface area contributed by atoms with Crippen LogP contribution in [-0.4, -0.2) is 40.0 Å². The Hall–Kier alpha value is -2.05. The number of hydrogen-bond acceptors (Lipinski definition) is 4. The normalized spacial score (nSPS) is 12.9. The fourth-order valence-corrected chi connectivity index (χ4v) is 3.99. The zero-order valence-electron chi connectivity index (χ0n) is 14.4. The maximum Gasteiger partial charge on any atom is 0.246 e. The SMILES string of the molecule is COc1ccc(OC)c(S(=O)(=O)N(C)C(C)Cc2ccccc2)c1. The Morgan fingerprint density at radius 3 is 2.29 bits per heavy atom. The maximum atomic E-state index is 13.0. The summed E-state index contributed by atoms with van der Waals surface area (Å²) in [7, 11) is 0.832. The number of ether oxygens (including phenoxy) is 2. The summed E-state index contributed by atoms with van der Waals surface area (Å²) in [6.07, 6.45) is 0.628. The highest BCUT2D eigenvalue weighted by Crippen LogP contribution is 2.31. The first-order valence-electron chi connectivity index (χ1n) is 7.64. The van der Waals surface area contributed by atoms with E-state index in [0.29, 0.717) is 17.9 Å². The van der Waals surface area contributed by atoms with Gasteiger partial charge in [0.05, 0.1) is 14.2 Å². The Morgan fingerprint density at radius 1 is 1.04 bits per heavy atom. The lowest BCUT2D eigenvalue weighted by atomic mass is 10.1. The number of sulfonamides is 1. The predicted octanol–water partition coefficient (Wildman–Crippen LogP) is 2.96. The van der Waals surface area contributed by atoms with E-state index >= 15 is 0 Å². The number of likely N-dealkylation sites (N-methyl/N-ethyl adjacent to an activating group) is 1. The summed E-state index contributed by atoms with van der Waals surface area (Å²) in [6.45, 7) is 1.89. The largest absolute Gasteiger partial charge is 0.497 e. The van der Waals surface area contributed by atoms with Crippen LogP contribution >= 0.6 is 0 Å². The molecule has 0 radical (unpaired) electrons. The summed E-state index contributed by atoms with van der Waals surface area (Å²) in [5, 5.41) is 0. The molecule has 0 aliphatic rings. The minimum absolute atomic E-state index is 0.103. The highest BCUT2D eigenvalue weighted by Gasteiger charge is 2.29. The van der Waals surface area contributed by atoms with Gasteiger partial charge in [-0.05, 0) is 31.0 Å². The van der Waals surface area contributed by atoms with Gasteiger partial charge in [-0.1, -0.05) is 30.3 Å². The molecule has 0 aliphatic heterocycles. The van der Waals surface area contributed by atoms with Gasteiger partial charge in [0.1, 0.15) is 16.4 Å². The first-order chi connectivity index (χ1) is 11.4. The molecular formula is C18H23NO4S. The van der Waals surface area contributed by atoms with Gasteiger partial charge in [-0.25, -0.2) is 8.42 Å². The Balaban J connectivity index is 2.32. The summed E-state index contributed by atoms with van der Waals surface area (Å²) in [4.78, 5) is 0.103. The number of methoxy groups -OCH3 is 2. The van der Waals surface area contributed by atoms with Crippen LogP contribution in [0.2, 0.25) is 0 Å².